The van der Waals surface area contributed by atoms with Crippen LogP contribution >= 0.6 is 11.6 Å². The molecule has 1 aromatic rings. The zero-order valence-electron chi connectivity index (χ0n) is 11.0. The first-order valence-corrected chi connectivity index (χ1v) is 7.21. The Kier molecular flexibility index (Phi) is 4.31. The minimum Gasteiger partial charge on any atom is -0.385 e. The molecule has 0 heterocycles. The molecule has 0 bridgehead atoms. The average molecular weight is 268 g/mol. The van der Waals surface area contributed by atoms with Gasteiger partial charge in [0.1, 0.15) is 0 Å². The third-order valence-electron chi connectivity index (χ3n) is 4.25. The molecular formula is C15H22ClNO. The second kappa shape index (κ2) is 5.60. The lowest BCUT2D eigenvalue weighted by Crippen LogP contribution is -2.41. The third-order valence-corrected chi connectivity index (χ3v) is 4.62. The average Bonchev–Trinajstić information content (AvgIpc) is 2.39. The van der Waals surface area contributed by atoms with Crippen molar-refractivity contribution in [2.45, 2.75) is 44.6 Å². The molecule has 3 heteroatoms. The summed E-state index contributed by atoms with van der Waals surface area (Å²) < 4.78 is 0. The Hall–Kier alpha value is -0.570. The molecule has 0 spiro atoms. The van der Waals surface area contributed by atoms with Crippen LogP contribution in [0.4, 0.5) is 0 Å². The predicted molar refractivity (Wildman–Crippen MR) is 75.7 cm³/mol. The third kappa shape index (κ3) is 2.42. The van der Waals surface area contributed by atoms with Gasteiger partial charge in [0.15, 0.2) is 0 Å². The highest BCUT2D eigenvalue weighted by atomic mass is 35.5. The highest BCUT2D eigenvalue weighted by Crippen LogP contribution is 2.42. The maximum absolute atomic E-state index is 11.0. The van der Waals surface area contributed by atoms with Crippen LogP contribution in [-0.4, -0.2) is 11.7 Å². The number of hydrogen-bond donors (Lipinski definition) is 2. The van der Waals surface area contributed by atoms with Gasteiger partial charge in [0.2, 0.25) is 0 Å². The molecule has 3 N–H and O–H groups in total. The van der Waals surface area contributed by atoms with Crippen molar-refractivity contribution in [2.75, 3.05) is 6.54 Å². The van der Waals surface area contributed by atoms with Crippen LogP contribution in [0.2, 0.25) is 5.02 Å². The minimum absolute atomic E-state index is 0.164. The lowest BCUT2D eigenvalue weighted by Gasteiger charge is -2.40. The number of benzene rings is 1. The van der Waals surface area contributed by atoms with E-state index in [1.165, 1.54) is 6.42 Å². The smallest absolute Gasteiger partial charge is 0.0936 e. The monoisotopic (exact) mass is 267 g/mol. The van der Waals surface area contributed by atoms with Crippen LogP contribution in [0.25, 0.3) is 0 Å². The maximum atomic E-state index is 11.0. The fraction of sp³-hybridized carbons (Fsp3) is 0.600. The van der Waals surface area contributed by atoms with Crippen molar-refractivity contribution in [3.8, 4) is 0 Å². The van der Waals surface area contributed by atoms with E-state index in [2.05, 4.69) is 13.0 Å². The first-order valence-electron chi connectivity index (χ1n) is 6.83. The lowest BCUT2D eigenvalue weighted by atomic mass is 9.71. The Balaban J connectivity index is 2.38. The van der Waals surface area contributed by atoms with Crippen molar-refractivity contribution in [1.82, 2.24) is 0 Å². The van der Waals surface area contributed by atoms with E-state index in [0.29, 0.717) is 6.54 Å². The Morgan fingerprint density at radius 3 is 2.89 bits per heavy atom. The molecule has 0 radical (unpaired) electrons. The molecule has 18 heavy (non-hydrogen) atoms. The van der Waals surface area contributed by atoms with E-state index in [9.17, 15) is 5.11 Å². The van der Waals surface area contributed by atoms with E-state index in [-0.39, 0.29) is 5.92 Å². The summed E-state index contributed by atoms with van der Waals surface area (Å²) in [7, 11) is 0. The Bertz CT molecular complexity index is 421. The van der Waals surface area contributed by atoms with Gasteiger partial charge in [0.25, 0.3) is 0 Å². The molecule has 1 aromatic carbocycles. The first kappa shape index (κ1) is 13.9. The lowest BCUT2D eigenvalue weighted by molar-refractivity contribution is -0.0506. The summed E-state index contributed by atoms with van der Waals surface area (Å²) in [6, 6.07) is 5.90. The Morgan fingerprint density at radius 1 is 1.44 bits per heavy atom. The molecule has 0 aromatic heterocycles. The van der Waals surface area contributed by atoms with E-state index in [1.54, 1.807) is 0 Å². The SMILES string of the molecule is CCc1cc([C@@]2(O)CCCC[C@@H]2CN)ccc1Cl. The highest BCUT2D eigenvalue weighted by Gasteiger charge is 2.39. The van der Waals surface area contributed by atoms with Crippen LogP contribution in [0.15, 0.2) is 18.2 Å². The molecule has 2 nitrogen and oxygen atoms in total. The van der Waals surface area contributed by atoms with Gasteiger partial charge < -0.3 is 10.8 Å². The summed E-state index contributed by atoms with van der Waals surface area (Å²) in [6.45, 7) is 2.62. The van der Waals surface area contributed by atoms with Gasteiger partial charge in [0, 0.05) is 10.9 Å². The summed E-state index contributed by atoms with van der Waals surface area (Å²) in [5.74, 6) is 0.164. The van der Waals surface area contributed by atoms with Crippen molar-refractivity contribution in [3.63, 3.8) is 0 Å². The number of aliphatic hydroxyl groups is 1. The summed E-state index contributed by atoms with van der Waals surface area (Å²) >= 11 is 6.14. The molecule has 1 fully saturated rings. The Labute approximate surface area is 114 Å². The van der Waals surface area contributed by atoms with Crippen LogP contribution in [0, 0.1) is 5.92 Å². The fourth-order valence-corrected chi connectivity index (χ4v) is 3.29. The fourth-order valence-electron chi connectivity index (χ4n) is 3.04. The number of rotatable bonds is 3. The van der Waals surface area contributed by atoms with Crippen LogP contribution in [-0.2, 0) is 12.0 Å². The summed E-state index contributed by atoms with van der Waals surface area (Å²) in [6.07, 6.45) is 4.93. The second-order valence-corrected chi connectivity index (χ2v) is 5.67. The molecule has 2 rings (SSSR count). The zero-order valence-corrected chi connectivity index (χ0v) is 11.7. The first-order chi connectivity index (χ1) is 8.61. The van der Waals surface area contributed by atoms with Gasteiger partial charge in [0.05, 0.1) is 5.60 Å². The molecule has 100 valence electrons. The number of nitrogens with two attached hydrogens (primary N) is 1. The van der Waals surface area contributed by atoms with Crippen LogP contribution in [0.5, 0.6) is 0 Å². The molecule has 0 amide bonds. The highest BCUT2D eigenvalue weighted by molar-refractivity contribution is 6.31. The molecule has 0 unspecified atom stereocenters. The largest absolute Gasteiger partial charge is 0.385 e. The molecule has 1 saturated carbocycles. The summed E-state index contributed by atoms with van der Waals surface area (Å²) in [4.78, 5) is 0. The standard InChI is InChI=1S/C15H22ClNO/c1-2-11-9-12(6-7-14(11)16)15(18)8-4-3-5-13(15)10-17/h6-7,9,13,18H,2-5,8,10,17H2,1H3/t13-,15+/m1/s1. The van der Waals surface area contributed by atoms with Crippen molar-refractivity contribution in [2.24, 2.45) is 11.7 Å². The number of aryl methyl sites for hydroxylation is 1. The van der Waals surface area contributed by atoms with E-state index in [0.717, 1.165) is 41.8 Å². The molecule has 2 atom stereocenters. The van der Waals surface area contributed by atoms with Gasteiger partial charge in [-0.05, 0) is 43.0 Å². The van der Waals surface area contributed by atoms with Crippen molar-refractivity contribution in [3.05, 3.63) is 34.3 Å². The van der Waals surface area contributed by atoms with E-state index < -0.39 is 5.60 Å². The van der Waals surface area contributed by atoms with E-state index in [1.807, 2.05) is 12.1 Å². The molecule has 1 aliphatic rings. The van der Waals surface area contributed by atoms with Crippen LogP contribution in [0.1, 0.15) is 43.7 Å². The molecule has 1 aliphatic carbocycles. The van der Waals surface area contributed by atoms with Gasteiger partial charge in [-0.25, -0.2) is 0 Å². The quantitative estimate of drug-likeness (QED) is 0.883. The molecular weight excluding hydrogens is 246 g/mol. The summed E-state index contributed by atoms with van der Waals surface area (Å²) in [5.41, 5.74) is 7.15. The number of halogens is 1. The molecule has 0 aliphatic heterocycles. The predicted octanol–water partition coefficient (Wildman–Crippen LogP) is 3.24. The van der Waals surface area contributed by atoms with Gasteiger partial charge in [-0.15, -0.1) is 0 Å². The summed E-state index contributed by atoms with van der Waals surface area (Å²) in [5, 5.41) is 11.8. The maximum Gasteiger partial charge on any atom is 0.0936 e. The molecule has 0 saturated heterocycles. The van der Waals surface area contributed by atoms with Gasteiger partial charge in [-0.1, -0.05) is 43.5 Å². The topological polar surface area (TPSA) is 46.2 Å². The Morgan fingerprint density at radius 2 is 2.22 bits per heavy atom. The van der Waals surface area contributed by atoms with Crippen LogP contribution in [0.3, 0.4) is 0 Å². The van der Waals surface area contributed by atoms with Crippen molar-refractivity contribution in [1.29, 1.82) is 0 Å². The van der Waals surface area contributed by atoms with Gasteiger partial charge in [-0.3, -0.25) is 0 Å². The normalized spacial score (nSPS) is 28.3. The van der Waals surface area contributed by atoms with E-state index >= 15 is 0 Å². The number of hydrogen-bond acceptors (Lipinski definition) is 2. The second-order valence-electron chi connectivity index (χ2n) is 5.26. The van der Waals surface area contributed by atoms with E-state index in [4.69, 9.17) is 17.3 Å². The van der Waals surface area contributed by atoms with Crippen molar-refractivity contribution < 1.29 is 5.11 Å². The van der Waals surface area contributed by atoms with Gasteiger partial charge >= 0.3 is 0 Å². The van der Waals surface area contributed by atoms with Crippen molar-refractivity contribution >= 4 is 11.6 Å². The zero-order chi connectivity index (χ0) is 13.2. The van der Waals surface area contributed by atoms with Crippen LogP contribution < -0.4 is 5.73 Å². The van der Waals surface area contributed by atoms with Gasteiger partial charge in [-0.2, -0.15) is 0 Å². The minimum atomic E-state index is -0.762.